The molecule has 0 heterocycles. The summed E-state index contributed by atoms with van der Waals surface area (Å²) in [6, 6.07) is 2.04. The highest BCUT2D eigenvalue weighted by atomic mass is 19.1. The molecule has 3 nitrogen and oxygen atoms in total. The molecule has 1 aromatic rings. The van der Waals surface area contributed by atoms with Gasteiger partial charge in [0.25, 0.3) is 0 Å². The standard InChI is InChI=1S/C14H14F2O3/c1-2-3-4-7-19-14-11(15)8-10(9-12(14)16)5-6-13(17)18/h2,5-6,8-9H,1,3-4,7H2,(H,17,18). The van der Waals surface area contributed by atoms with Gasteiger partial charge >= 0.3 is 5.97 Å². The van der Waals surface area contributed by atoms with Crippen molar-refractivity contribution in [2.75, 3.05) is 6.61 Å². The molecule has 0 aliphatic carbocycles. The number of hydrogen-bond acceptors (Lipinski definition) is 2. The highest BCUT2D eigenvalue weighted by Gasteiger charge is 2.11. The summed E-state index contributed by atoms with van der Waals surface area (Å²) in [6.07, 6.45) is 4.91. The summed E-state index contributed by atoms with van der Waals surface area (Å²) in [4.78, 5) is 10.3. The van der Waals surface area contributed by atoms with E-state index in [1.54, 1.807) is 6.08 Å². The van der Waals surface area contributed by atoms with Gasteiger partial charge in [0.05, 0.1) is 6.61 Å². The fourth-order valence-electron chi connectivity index (χ4n) is 1.38. The van der Waals surface area contributed by atoms with Crippen LogP contribution >= 0.6 is 0 Å². The first kappa shape index (κ1) is 14.9. The second kappa shape index (κ2) is 7.31. The molecule has 0 amide bonds. The molecule has 0 radical (unpaired) electrons. The van der Waals surface area contributed by atoms with E-state index in [1.165, 1.54) is 0 Å². The number of allylic oxidation sites excluding steroid dienone is 1. The van der Waals surface area contributed by atoms with Crippen molar-refractivity contribution in [3.63, 3.8) is 0 Å². The molecule has 5 heteroatoms. The minimum absolute atomic E-state index is 0.121. The molecule has 0 saturated carbocycles. The van der Waals surface area contributed by atoms with Crippen molar-refractivity contribution in [3.8, 4) is 5.75 Å². The second-order valence-corrected chi connectivity index (χ2v) is 3.76. The normalized spacial score (nSPS) is 10.6. The SMILES string of the molecule is C=CCCCOc1c(F)cc(C=CC(=O)O)cc1F. The summed E-state index contributed by atoms with van der Waals surface area (Å²) < 4.78 is 32.2. The minimum atomic E-state index is -1.19. The topological polar surface area (TPSA) is 46.5 Å². The quantitative estimate of drug-likeness (QED) is 0.468. The molecule has 0 fully saturated rings. The molecule has 0 saturated heterocycles. The number of halogens is 2. The van der Waals surface area contributed by atoms with E-state index in [0.717, 1.165) is 24.3 Å². The number of unbranched alkanes of at least 4 members (excludes halogenated alkanes) is 1. The van der Waals surface area contributed by atoms with Gasteiger partial charge in [0.2, 0.25) is 0 Å². The molecule has 1 rings (SSSR count). The Kier molecular flexibility index (Phi) is 5.73. The van der Waals surface area contributed by atoms with Crippen LogP contribution in [0.15, 0.2) is 30.9 Å². The number of aliphatic carboxylic acids is 1. The zero-order valence-corrected chi connectivity index (χ0v) is 10.2. The molecule has 0 aliphatic heterocycles. The Morgan fingerprint density at radius 1 is 1.37 bits per heavy atom. The molecule has 0 bridgehead atoms. The predicted molar refractivity (Wildman–Crippen MR) is 68.0 cm³/mol. The van der Waals surface area contributed by atoms with E-state index in [-0.39, 0.29) is 12.2 Å². The molecule has 19 heavy (non-hydrogen) atoms. The highest BCUT2D eigenvalue weighted by Crippen LogP contribution is 2.24. The van der Waals surface area contributed by atoms with Crippen LogP contribution in [-0.4, -0.2) is 17.7 Å². The lowest BCUT2D eigenvalue weighted by Crippen LogP contribution is -2.01. The van der Waals surface area contributed by atoms with Gasteiger partial charge < -0.3 is 9.84 Å². The Morgan fingerprint density at radius 3 is 2.53 bits per heavy atom. The highest BCUT2D eigenvalue weighted by molar-refractivity contribution is 5.85. The minimum Gasteiger partial charge on any atom is -0.488 e. The largest absolute Gasteiger partial charge is 0.488 e. The van der Waals surface area contributed by atoms with Crippen LogP contribution in [0.2, 0.25) is 0 Å². The summed E-state index contributed by atoms with van der Waals surface area (Å²) in [7, 11) is 0. The number of benzene rings is 1. The molecule has 1 aromatic carbocycles. The third kappa shape index (κ3) is 4.91. The zero-order chi connectivity index (χ0) is 14.3. The molecule has 0 unspecified atom stereocenters. The maximum absolute atomic E-state index is 13.6. The van der Waals surface area contributed by atoms with Gasteiger partial charge in [-0.25, -0.2) is 13.6 Å². The smallest absolute Gasteiger partial charge is 0.328 e. The number of carboxylic acids is 1. The molecular weight excluding hydrogens is 254 g/mol. The van der Waals surface area contributed by atoms with Crippen LogP contribution in [0.4, 0.5) is 8.78 Å². The van der Waals surface area contributed by atoms with Crippen LogP contribution in [0.5, 0.6) is 5.75 Å². The number of carboxylic acid groups (broad SMARTS) is 1. The maximum atomic E-state index is 13.6. The van der Waals surface area contributed by atoms with Gasteiger partial charge in [0.15, 0.2) is 17.4 Å². The summed E-state index contributed by atoms with van der Waals surface area (Å²) in [5, 5.41) is 8.43. The monoisotopic (exact) mass is 268 g/mol. The van der Waals surface area contributed by atoms with Crippen LogP contribution in [-0.2, 0) is 4.79 Å². The fourth-order valence-corrected chi connectivity index (χ4v) is 1.38. The average molecular weight is 268 g/mol. The van der Waals surface area contributed by atoms with Gasteiger partial charge in [-0.15, -0.1) is 6.58 Å². The zero-order valence-electron chi connectivity index (χ0n) is 10.2. The van der Waals surface area contributed by atoms with Crippen LogP contribution in [0.3, 0.4) is 0 Å². The predicted octanol–water partition coefficient (Wildman–Crippen LogP) is 3.41. The lowest BCUT2D eigenvalue weighted by atomic mass is 10.2. The van der Waals surface area contributed by atoms with Crippen molar-refractivity contribution >= 4 is 12.0 Å². The lowest BCUT2D eigenvalue weighted by molar-refractivity contribution is -0.131. The number of hydrogen-bond donors (Lipinski definition) is 1. The van der Waals surface area contributed by atoms with E-state index in [9.17, 15) is 13.6 Å². The third-order valence-corrected chi connectivity index (χ3v) is 2.24. The summed E-state index contributed by atoms with van der Waals surface area (Å²) >= 11 is 0. The van der Waals surface area contributed by atoms with E-state index in [2.05, 4.69) is 6.58 Å². The van der Waals surface area contributed by atoms with E-state index in [4.69, 9.17) is 9.84 Å². The Morgan fingerprint density at radius 2 is 2.00 bits per heavy atom. The molecule has 0 aromatic heterocycles. The van der Waals surface area contributed by atoms with Gasteiger partial charge in [0.1, 0.15) is 0 Å². The first-order chi connectivity index (χ1) is 9.04. The first-order valence-corrected chi connectivity index (χ1v) is 5.68. The third-order valence-electron chi connectivity index (χ3n) is 2.24. The van der Waals surface area contributed by atoms with Crippen molar-refractivity contribution < 1.29 is 23.4 Å². The van der Waals surface area contributed by atoms with Gasteiger partial charge in [-0.05, 0) is 36.6 Å². The summed E-state index contributed by atoms with van der Waals surface area (Å²) in [6.45, 7) is 3.71. The van der Waals surface area contributed by atoms with Gasteiger partial charge in [0, 0.05) is 6.08 Å². The van der Waals surface area contributed by atoms with Gasteiger partial charge in [-0.2, -0.15) is 0 Å². The Hall–Kier alpha value is -2.17. The Bertz CT molecular complexity index is 472. The number of ether oxygens (including phenoxy) is 1. The van der Waals surface area contributed by atoms with E-state index >= 15 is 0 Å². The van der Waals surface area contributed by atoms with Crippen LogP contribution in [0.1, 0.15) is 18.4 Å². The molecule has 0 atom stereocenters. The van der Waals surface area contributed by atoms with Crippen molar-refractivity contribution in [1.29, 1.82) is 0 Å². The van der Waals surface area contributed by atoms with Crippen molar-refractivity contribution in [2.24, 2.45) is 0 Å². The average Bonchev–Trinajstić information content (AvgIpc) is 2.34. The van der Waals surface area contributed by atoms with Crippen molar-refractivity contribution in [1.82, 2.24) is 0 Å². The Balaban J connectivity index is 2.79. The fraction of sp³-hybridized carbons (Fsp3) is 0.214. The molecule has 102 valence electrons. The van der Waals surface area contributed by atoms with Crippen LogP contribution < -0.4 is 4.74 Å². The molecule has 1 N–H and O–H groups in total. The first-order valence-electron chi connectivity index (χ1n) is 5.68. The van der Waals surface area contributed by atoms with E-state index in [0.29, 0.717) is 12.8 Å². The van der Waals surface area contributed by atoms with E-state index in [1.807, 2.05) is 0 Å². The van der Waals surface area contributed by atoms with Crippen molar-refractivity contribution in [3.05, 3.63) is 48.1 Å². The molecule has 0 aliphatic rings. The number of rotatable bonds is 7. The Labute approximate surface area is 109 Å². The van der Waals surface area contributed by atoms with Crippen LogP contribution in [0.25, 0.3) is 6.08 Å². The van der Waals surface area contributed by atoms with Crippen LogP contribution in [0, 0.1) is 11.6 Å². The van der Waals surface area contributed by atoms with Gasteiger partial charge in [-0.3, -0.25) is 0 Å². The second-order valence-electron chi connectivity index (χ2n) is 3.76. The molecule has 0 spiro atoms. The maximum Gasteiger partial charge on any atom is 0.328 e. The van der Waals surface area contributed by atoms with Gasteiger partial charge in [-0.1, -0.05) is 6.08 Å². The van der Waals surface area contributed by atoms with E-state index < -0.39 is 23.4 Å². The summed E-state index contributed by atoms with van der Waals surface area (Å²) in [5.74, 6) is -3.35. The van der Waals surface area contributed by atoms with Crippen molar-refractivity contribution in [2.45, 2.75) is 12.8 Å². The molecular formula is C14H14F2O3. The number of carbonyl (C=O) groups is 1. The summed E-state index contributed by atoms with van der Waals surface area (Å²) in [5.41, 5.74) is 0.121. The lowest BCUT2D eigenvalue weighted by Gasteiger charge is -2.08.